The second-order valence-corrected chi connectivity index (χ2v) is 12.6. The molecular formula is C14H14Cl2O6S4. The standard InChI is InChI=1S/C8H10O2S2.C6H4Cl2O4S2/c1-11(9)7-3-5-8(6-4-7)12(2)10;7-13(9,10)5-1-2-6(4-3-5)14(8,11)12/h3-6H,1-2H3;1-4H. The molecule has 0 aromatic heterocycles. The average molecular weight is 477 g/mol. The van der Waals surface area contributed by atoms with E-state index in [1.807, 2.05) is 0 Å². The highest BCUT2D eigenvalue weighted by Gasteiger charge is 2.13. The molecule has 2 unspecified atom stereocenters. The Balaban J connectivity index is 0.000000263. The van der Waals surface area contributed by atoms with Crippen LogP contribution in [0.1, 0.15) is 0 Å². The molecule has 0 saturated heterocycles. The molecule has 0 aliphatic heterocycles. The molecule has 6 nitrogen and oxygen atoms in total. The second-order valence-electron chi connectivity index (χ2n) is 4.73. The third kappa shape index (κ3) is 7.65. The lowest BCUT2D eigenvalue weighted by Crippen LogP contribution is -2.00. The molecule has 0 heterocycles. The summed E-state index contributed by atoms with van der Waals surface area (Å²) in [6, 6.07) is 11.2. The lowest BCUT2D eigenvalue weighted by Gasteiger charge is -2.06. The number of halogens is 2. The van der Waals surface area contributed by atoms with E-state index >= 15 is 0 Å². The van der Waals surface area contributed by atoms with Crippen LogP contribution in [-0.2, 0) is 40.5 Å². The van der Waals surface area contributed by atoms with Crippen molar-refractivity contribution in [1.82, 2.24) is 0 Å². The van der Waals surface area contributed by atoms with Gasteiger partial charge in [-0.2, -0.15) is 0 Å². The highest BCUT2D eigenvalue weighted by Crippen LogP contribution is 2.19. The van der Waals surface area contributed by atoms with E-state index in [-0.39, 0.29) is 9.79 Å². The first-order valence-corrected chi connectivity index (χ1v) is 14.3. The fourth-order valence-corrected chi connectivity index (χ4v) is 4.17. The first-order valence-electron chi connectivity index (χ1n) is 6.58. The van der Waals surface area contributed by atoms with Gasteiger partial charge in [-0.3, -0.25) is 0 Å². The second kappa shape index (κ2) is 9.65. The molecule has 0 spiro atoms. The van der Waals surface area contributed by atoms with Gasteiger partial charge in [0.25, 0.3) is 18.1 Å². The van der Waals surface area contributed by atoms with Crippen LogP contribution in [0.2, 0.25) is 0 Å². The van der Waals surface area contributed by atoms with Gasteiger partial charge < -0.3 is 9.11 Å². The van der Waals surface area contributed by atoms with Gasteiger partial charge in [-0.1, -0.05) is 0 Å². The third-order valence-corrected chi connectivity index (χ3v) is 7.49. The SMILES string of the molecule is C[S+]([O-])c1ccc([S+](C)[O-])cc1.O=S(=O)(Cl)c1ccc(S(=O)(=O)Cl)cc1. The van der Waals surface area contributed by atoms with E-state index in [1.54, 1.807) is 36.8 Å². The molecule has 26 heavy (non-hydrogen) atoms. The first-order chi connectivity index (χ1) is 11.8. The van der Waals surface area contributed by atoms with Crippen molar-refractivity contribution in [2.45, 2.75) is 19.6 Å². The molecular weight excluding hydrogens is 463 g/mol. The van der Waals surface area contributed by atoms with E-state index in [9.17, 15) is 25.9 Å². The lowest BCUT2D eigenvalue weighted by atomic mass is 10.4. The topological polar surface area (TPSA) is 114 Å². The minimum absolute atomic E-state index is 0.178. The quantitative estimate of drug-likeness (QED) is 0.494. The van der Waals surface area contributed by atoms with Gasteiger partial charge in [-0.25, -0.2) is 16.8 Å². The van der Waals surface area contributed by atoms with E-state index in [4.69, 9.17) is 21.4 Å². The van der Waals surface area contributed by atoms with E-state index in [0.29, 0.717) is 0 Å². The molecule has 0 aliphatic carbocycles. The van der Waals surface area contributed by atoms with Crippen molar-refractivity contribution >= 4 is 61.8 Å². The fourth-order valence-electron chi connectivity index (χ4n) is 1.59. The van der Waals surface area contributed by atoms with Crippen LogP contribution in [0.25, 0.3) is 0 Å². The smallest absolute Gasteiger partial charge is 0.261 e. The largest absolute Gasteiger partial charge is 0.612 e. The van der Waals surface area contributed by atoms with Crippen LogP contribution in [-0.4, -0.2) is 38.5 Å². The summed E-state index contributed by atoms with van der Waals surface area (Å²) in [5.41, 5.74) is 0. The van der Waals surface area contributed by atoms with Crippen LogP contribution < -0.4 is 0 Å². The number of rotatable bonds is 4. The molecule has 0 fully saturated rings. The summed E-state index contributed by atoms with van der Waals surface area (Å²) in [7, 11) is 2.37. The summed E-state index contributed by atoms with van der Waals surface area (Å²) in [4.78, 5) is 1.18. The zero-order valence-electron chi connectivity index (χ0n) is 13.5. The van der Waals surface area contributed by atoms with Crippen molar-refractivity contribution < 1.29 is 25.9 Å². The molecule has 0 saturated carbocycles. The van der Waals surface area contributed by atoms with E-state index < -0.39 is 40.5 Å². The first kappa shape index (κ1) is 23.6. The zero-order chi connectivity index (χ0) is 20.1. The lowest BCUT2D eigenvalue weighted by molar-refractivity contribution is 0.598. The Kier molecular flexibility index (Phi) is 8.75. The van der Waals surface area contributed by atoms with Gasteiger partial charge in [0.05, 0.1) is 9.79 Å². The van der Waals surface area contributed by atoms with Crippen molar-refractivity contribution in [3.05, 3.63) is 48.5 Å². The zero-order valence-corrected chi connectivity index (χ0v) is 18.2. The van der Waals surface area contributed by atoms with Crippen LogP contribution in [0, 0.1) is 0 Å². The summed E-state index contributed by atoms with van der Waals surface area (Å²) < 4.78 is 65.0. The minimum atomic E-state index is -3.83. The van der Waals surface area contributed by atoms with Gasteiger partial charge in [0.1, 0.15) is 12.5 Å². The van der Waals surface area contributed by atoms with Crippen molar-refractivity contribution in [3.8, 4) is 0 Å². The summed E-state index contributed by atoms with van der Waals surface area (Å²) in [6.45, 7) is 0. The summed E-state index contributed by atoms with van der Waals surface area (Å²) in [5.74, 6) is 0. The molecule has 12 heteroatoms. The predicted molar refractivity (Wildman–Crippen MR) is 104 cm³/mol. The Bertz CT molecular complexity index is 846. The summed E-state index contributed by atoms with van der Waals surface area (Å²) >= 11 is -1.90. The number of benzene rings is 2. The molecule has 0 N–H and O–H groups in total. The van der Waals surface area contributed by atoms with Crippen LogP contribution in [0.4, 0.5) is 0 Å². The van der Waals surface area contributed by atoms with Gasteiger partial charge in [-0.05, 0) is 70.9 Å². The van der Waals surface area contributed by atoms with Crippen molar-refractivity contribution in [2.24, 2.45) is 0 Å². The molecule has 2 aromatic carbocycles. The monoisotopic (exact) mass is 476 g/mol. The third-order valence-electron chi connectivity index (χ3n) is 2.87. The van der Waals surface area contributed by atoms with E-state index in [2.05, 4.69) is 0 Å². The van der Waals surface area contributed by atoms with Gasteiger partial charge in [0, 0.05) is 21.4 Å². The van der Waals surface area contributed by atoms with Gasteiger partial charge in [0.15, 0.2) is 9.79 Å². The minimum Gasteiger partial charge on any atom is -0.612 e. The molecule has 0 amide bonds. The molecule has 0 bridgehead atoms. The van der Waals surface area contributed by atoms with Crippen LogP contribution in [0.5, 0.6) is 0 Å². The van der Waals surface area contributed by atoms with Crippen LogP contribution in [0.3, 0.4) is 0 Å². The maximum atomic E-state index is 11.0. The molecule has 2 aromatic rings. The van der Waals surface area contributed by atoms with Crippen LogP contribution >= 0.6 is 21.4 Å². The van der Waals surface area contributed by atoms with E-state index in [0.717, 1.165) is 34.1 Å². The van der Waals surface area contributed by atoms with Gasteiger partial charge in [-0.15, -0.1) is 0 Å². The molecule has 2 atom stereocenters. The predicted octanol–water partition coefficient (Wildman–Crippen LogP) is 2.70. The van der Waals surface area contributed by atoms with Gasteiger partial charge >= 0.3 is 0 Å². The Hall–Kier alpha value is -0.460. The van der Waals surface area contributed by atoms with Crippen molar-refractivity contribution in [3.63, 3.8) is 0 Å². The number of hydrogen-bond acceptors (Lipinski definition) is 6. The Morgan fingerprint density at radius 1 is 0.654 bits per heavy atom. The molecule has 144 valence electrons. The molecule has 2 rings (SSSR count). The summed E-state index contributed by atoms with van der Waals surface area (Å²) in [6.07, 6.45) is 3.25. The highest BCUT2D eigenvalue weighted by atomic mass is 35.7. The Labute approximate surface area is 167 Å². The van der Waals surface area contributed by atoms with Gasteiger partial charge in [0.2, 0.25) is 0 Å². The highest BCUT2D eigenvalue weighted by molar-refractivity contribution is 8.14. The van der Waals surface area contributed by atoms with Crippen LogP contribution in [0.15, 0.2) is 68.1 Å². The summed E-state index contributed by atoms with van der Waals surface area (Å²) in [5, 5.41) is 0. The molecule has 0 radical (unpaired) electrons. The Morgan fingerprint density at radius 2 is 0.885 bits per heavy atom. The molecule has 0 aliphatic rings. The normalized spacial score (nSPS) is 14.1. The van der Waals surface area contributed by atoms with Crippen molar-refractivity contribution in [1.29, 1.82) is 0 Å². The van der Waals surface area contributed by atoms with Crippen molar-refractivity contribution in [2.75, 3.05) is 12.5 Å². The maximum absolute atomic E-state index is 11.0. The van der Waals surface area contributed by atoms with E-state index in [1.165, 1.54) is 0 Å². The number of hydrogen-bond donors (Lipinski definition) is 0. The Morgan fingerprint density at radius 3 is 1.04 bits per heavy atom. The average Bonchev–Trinajstić information content (AvgIpc) is 2.54. The fraction of sp³-hybridized carbons (Fsp3) is 0.143. The maximum Gasteiger partial charge on any atom is 0.261 e.